The molecule has 3 rings (SSSR count). The normalized spacial score (nSPS) is 10.6. The molecular formula is C15H14N4O3. The predicted octanol–water partition coefficient (Wildman–Crippen LogP) is 2.15. The minimum Gasteiger partial charge on any atom is -0.465 e. The smallest absolute Gasteiger partial charge is 0.259 e. The molecule has 3 N–H and O–H groups in total. The Kier molecular flexibility index (Phi) is 3.61. The highest BCUT2D eigenvalue weighted by atomic mass is 16.5. The molecule has 7 nitrogen and oxygen atoms in total. The van der Waals surface area contributed by atoms with Gasteiger partial charge in [0.15, 0.2) is 0 Å². The van der Waals surface area contributed by atoms with Crippen LogP contribution in [-0.4, -0.2) is 16.0 Å². The summed E-state index contributed by atoms with van der Waals surface area (Å²) in [4.78, 5) is 16.3. The van der Waals surface area contributed by atoms with Gasteiger partial charge in [-0.15, -0.1) is 0 Å². The average Bonchev–Trinajstić information content (AvgIpc) is 3.12. The van der Waals surface area contributed by atoms with Crippen LogP contribution in [0.4, 0.5) is 5.88 Å². The van der Waals surface area contributed by atoms with Gasteiger partial charge in [-0.3, -0.25) is 9.78 Å². The Bertz CT molecular complexity index is 792. The molecule has 0 bridgehead atoms. The number of anilines is 1. The van der Waals surface area contributed by atoms with Crippen molar-refractivity contribution in [1.82, 2.24) is 15.5 Å². The maximum atomic E-state index is 12.3. The summed E-state index contributed by atoms with van der Waals surface area (Å²) in [6, 6.07) is 7.15. The molecule has 22 heavy (non-hydrogen) atoms. The highest BCUT2D eigenvalue weighted by Crippen LogP contribution is 2.26. The molecule has 0 radical (unpaired) electrons. The summed E-state index contributed by atoms with van der Waals surface area (Å²) >= 11 is 0. The monoisotopic (exact) mass is 298 g/mol. The molecule has 1 amide bonds. The number of nitrogens with zero attached hydrogens (tertiary/aromatic N) is 2. The minimum atomic E-state index is -0.383. The summed E-state index contributed by atoms with van der Waals surface area (Å²) in [5.74, 6) is 1.02. The van der Waals surface area contributed by atoms with E-state index in [9.17, 15) is 4.79 Å². The fourth-order valence-electron chi connectivity index (χ4n) is 2.06. The predicted molar refractivity (Wildman–Crippen MR) is 78.8 cm³/mol. The van der Waals surface area contributed by atoms with Crippen LogP contribution in [0.15, 0.2) is 45.6 Å². The Labute approximate surface area is 126 Å². The lowest BCUT2D eigenvalue weighted by atomic mass is 10.1. The number of aromatic nitrogens is 2. The summed E-state index contributed by atoms with van der Waals surface area (Å²) in [6.45, 7) is 2.09. The first-order valence-corrected chi connectivity index (χ1v) is 6.64. The Balaban J connectivity index is 1.82. The quantitative estimate of drug-likeness (QED) is 0.764. The van der Waals surface area contributed by atoms with Gasteiger partial charge in [-0.2, -0.15) is 0 Å². The number of nitrogen functional groups attached to an aromatic ring is 1. The van der Waals surface area contributed by atoms with E-state index >= 15 is 0 Å². The molecule has 0 spiro atoms. The first-order chi connectivity index (χ1) is 10.6. The number of amides is 1. The Hall–Kier alpha value is -3.09. The lowest BCUT2D eigenvalue weighted by Crippen LogP contribution is -2.23. The van der Waals surface area contributed by atoms with Gasteiger partial charge < -0.3 is 20.0 Å². The third-order valence-corrected chi connectivity index (χ3v) is 3.10. The first kappa shape index (κ1) is 13.9. The van der Waals surface area contributed by atoms with Gasteiger partial charge in [-0.1, -0.05) is 5.16 Å². The van der Waals surface area contributed by atoms with Crippen molar-refractivity contribution in [2.45, 2.75) is 13.5 Å². The van der Waals surface area contributed by atoms with Crippen LogP contribution in [0.1, 0.15) is 21.9 Å². The van der Waals surface area contributed by atoms with E-state index in [2.05, 4.69) is 15.5 Å². The molecule has 0 unspecified atom stereocenters. The van der Waals surface area contributed by atoms with Crippen LogP contribution in [0, 0.1) is 6.92 Å². The summed E-state index contributed by atoms with van der Waals surface area (Å²) in [5, 5.41) is 6.57. The number of nitrogens with two attached hydrogens (primary N) is 1. The number of aryl methyl sites for hydroxylation is 1. The van der Waals surface area contributed by atoms with E-state index in [1.54, 1.807) is 30.6 Å². The lowest BCUT2D eigenvalue weighted by molar-refractivity contribution is 0.0949. The third kappa shape index (κ3) is 2.69. The number of rotatable bonds is 4. The second-order valence-electron chi connectivity index (χ2n) is 4.71. The van der Waals surface area contributed by atoms with Crippen molar-refractivity contribution in [3.63, 3.8) is 0 Å². The summed E-state index contributed by atoms with van der Waals surface area (Å²) < 4.78 is 10.3. The van der Waals surface area contributed by atoms with E-state index in [1.807, 2.05) is 13.0 Å². The van der Waals surface area contributed by atoms with Gasteiger partial charge in [-0.25, -0.2) is 0 Å². The second kappa shape index (κ2) is 5.72. The first-order valence-electron chi connectivity index (χ1n) is 6.64. The number of nitrogens with one attached hydrogen (secondary N) is 1. The van der Waals surface area contributed by atoms with Crippen LogP contribution in [-0.2, 0) is 6.54 Å². The van der Waals surface area contributed by atoms with E-state index in [-0.39, 0.29) is 23.9 Å². The standard InChI is InChI=1S/C15H14N4O3/c1-9-4-5-11(21-9)8-18-15(20)12-13(19-22-14(12)16)10-3-2-6-17-7-10/h2-7H,8,16H2,1H3,(H,18,20). The largest absolute Gasteiger partial charge is 0.465 e. The second-order valence-corrected chi connectivity index (χ2v) is 4.71. The maximum absolute atomic E-state index is 12.3. The molecule has 7 heteroatoms. The Morgan fingerprint density at radius 1 is 1.36 bits per heavy atom. The van der Waals surface area contributed by atoms with Gasteiger partial charge in [0, 0.05) is 18.0 Å². The number of furan rings is 1. The van der Waals surface area contributed by atoms with Gasteiger partial charge in [0.2, 0.25) is 5.88 Å². The van der Waals surface area contributed by atoms with Crippen molar-refractivity contribution in [3.05, 3.63) is 53.7 Å². The van der Waals surface area contributed by atoms with Crippen LogP contribution in [0.25, 0.3) is 11.3 Å². The molecule has 0 aromatic carbocycles. The molecule has 0 saturated heterocycles. The van der Waals surface area contributed by atoms with Crippen LogP contribution in [0.3, 0.4) is 0 Å². The molecule has 0 fully saturated rings. The van der Waals surface area contributed by atoms with Crippen LogP contribution >= 0.6 is 0 Å². The third-order valence-electron chi connectivity index (χ3n) is 3.10. The molecular weight excluding hydrogens is 284 g/mol. The van der Waals surface area contributed by atoms with Crippen LogP contribution < -0.4 is 11.1 Å². The topological polar surface area (TPSA) is 107 Å². The van der Waals surface area contributed by atoms with Crippen LogP contribution in [0.2, 0.25) is 0 Å². The van der Waals surface area contributed by atoms with Gasteiger partial charge in [0.1, 0.15) is 22.8 Å². The van der Waals surface area contributed by atoms with E-state index in [4.69, 9.17) is 14.7 Å². The maximum Gasteiger partial charge on any atom is 0.259 e. The van der Waals surface area contributed by atoms with E-state index in [0.29, 0.717) is 17.0 Å². The zero-order valence-corrected chi connectivity index (χ0v) is 11.9. The summed E-state index contributed by atoms with van der Waals surface area (Å²) in [6.07, 6.45) is 3.22. The number of pyridine rings is 1. The summed E-state index contributed by atoms with van der Waals surface area (Å²) in [5.41, 5.74) is 6.92. The summed E-state index contributed by atoms with van der Waals surface area (Å²) in [7, 11) is 0. The lowest BCUT2D eigenvalue weighted by Gasteiger charge is -2.04. The fraction of sp³-hybridized carbons (Fsp3) is 0.133. The highest BCUT2D eigenvalue weighted by Gasteiger charge is 2.22. The Morgan fingerprint density at radius 3 is 2.91 bits per heavy atom. The number of hydrogen-bond donors (Lipinski definition) is 2. The number of hydrogen-bond acceptors (Lipinski definition) is 6. The SMILES string of the molecule is Cc1ccc(CNC(=O)c2c(-c3cccnc3)noc2N)o1. The van der Waals surface area contributed by atoms with E-state index in [0.717, 1.165) is 5.76 Å². The Morgan fingerprint density at radius 2 is 2.23 bits per heavy atom. The molecule has 3 aromatic rings. The molecule has 0 atom stereocenters. The fourth-order valence-corrected chi connectivity index (χ4v) is 2.06. The van der Waals surface area contributed by atoms with Crippen molar-refractivity contribution in [2.75, 3.05) is 5.73 Å². The van der Waals surface area contributed by atoms with E-state index in [1.165, 1.54) is 0 Å². The minimum absolute atomic E-state index is 0.0352. The van der Waals surface area contributed by atoms with Crippen molar-refractivity contribution < 1.29 is 13.7 Å². The molecule has 3 aromatic heterocycles. The molecule has 0 aliphatic rings. The van der Waals surface area contributed by atoms with E-state index < -0.39 is 0 Å². The molecule has 0 aliphatic heterocycles. The number of carbonyl (C=O) groups excluding carboxylic acids is 1. The zero-order chi connectivity index (χ0) is 15.5. The van der Waals surface area contributed by atoms with Crippen molar-refractivity contribution in [1.29, 1.82) is 0 Å². The van der Waals surface area contributed by atoms with Gasteiger partial charge in [0.25, 0.3) is 5.91 Å². The average molecular weight is 298 g/mol. The zero-order valence-electron chi connectivity index (χ0n) is 11.9. The van der Waals surface area contributed by atoms with Gasteiger partial charge in [0.05, 0.1) is 6.54 Å². The number of carbonyl (C=O) groups is 1. The van der Waals surface area contributed by atoms with Crippen molar-refractivity contribution in [2.24, 2.45) is 0 Å². The van der Waals surface area contributed by atoms with Gasteiger partial charge in [-0.05, 0) is 31.2 Å². The van der Waals surface area contributed by atoms with Crippen molar-refractivity contribution in [3.8, 4) is 11.3 Å². The van der Waals surface area contributed by atoms with Crippen LogP contribution in [0.5, 0.6) is 0 Å². The van der Waals surface area contributed by atoms with Gasteiger partial charge >= 0.3 is 0 Å². The van der Waals surface area contributed by atoms with Crippen molar-refractivity contribution >= 4 is 11.8 Å². The molecule has 0 saturated carbocycles. The highest BCUT2D eigenvalue weighted by molar-refractivity contribution is 6.03. The molecule has 3 heterocycles. The molecule has 112 valence electrons. The molecule has 0 aliphatic carbocycles.